The predicted molar refractivity (Wildman–Crippen MR) is 103 cm³/mol. The molecule has 0 heterocycles. The topological polar surface area (TPSA) is 43.4 Å². The van der Waals surface area contributed by atoms with Crippen molar-refractivity contribution in [2.45, 2.75) is 20.8 Å². The van der Waals surface area contributed by atoms with Gasteiger partial charge < -0.3 is 4.74 Å². The van der Waals surface area contributed by atoms with E-state index >= 15 is 0 Å². The lowest BCUT2D eigenvalue weighted by Gasteiger charge is -2.15. The second-order valence-electron chi connectivity index (χ2n) is 6.37. The second kappa shape index (κ2) is 7.36. The van der Waals surface area contributed by atoms with Crippen molar-refractivity contribution in [2.75, 3.05) is 0 Å². The molecule has 0 aromatic heterocycles. The smallest absolute Gasteiger partial charge is 0.298 e. The minimum Gasteiger partial charge on any atom is -0.427 e. The summed E-state index contributed by atoms with van der Waals surface area (Å²) >= 11 is 0. The number of aryl methyl sites for hydroxylation is 3. The molecule has 26 heavy (non-hydrogen) atoms. The summed E-state index contributed by atoms with van der Waals surface area (Å²) in [7, 11) is 0. The Morgan fingerprint density at radius 3 is 2.15 bits per heavy atom. The molecule has 0 aliphatic carbocycles. The molecule has 0 atom stereocenters. The van der Waals surface area contributed by atoms with Gasteiger partial charge >= 0.3 is 0 Å². The normalized spacial score (nSPS) is 10.4. The minimum absolute atomic E-state index is 0.144. The zero-order valence-corrected chi connectivity index (χ0v) is 15.1. The molecule has 0 amide bonds. The third kappa shape index (κ3) is 3.29. The third-order valence-corrected chi connectivity index (χ3v) is 4.41. The lowest BCUT2D eigenvalue weighted by Crippen LogP contribution is -2.09. The Hall–Kier alpha value is -3.20. The fourth-order valence-electron chi connectivity index (χ4n) is 3.41. The van der Waals surface area contributed by atoms with Crippen molar-refractivity contribution in [3.63, 3.8) is 0 Å². The highest BCUT2D eigenvalue weighted by molar-refractivity contribution is 6.13. The Kier molecular flexibility index (Phi) is 4.99. The van der Waals surface area contributed by atoms with E-state index in [1.807, 2.05) is 75.4 Å². The summed E-state index contributed by atoms with van der Waals surface area (Å²) < 4.78 is 5.27. The Morgan fingerprint density at radius 2 is 1.54 bits per heavy atom. The number of carbonyl (C=O) groups is 2. The molecule has 0 bridgehead atoms. The van der Waals surface area contributed by atoms with Gasteiger partial charge in [-0.1, -0.05) is 60.2 Å². The van der Waals surface area contributed by atoms with Crippen LogP contribution in [0.1, 0.15) is 32.6 Å². The van der Waals surface area contributed by atoms with E-state index in [0.717, 1.165) is 22.3 Å². The van der Waals surface area contributed by atoms with E-state index in [1.165, 1.54) is 0 Å². The summed E-state index contributed by atoms with van der Waals surface area (Å²) in [6.45, 7) is 6.22. The molecule has 3 aromatic rings. The highest BCUT2D eigenvalue weighted by atomic mass is 16.5. The average molecular weight is 344 g/mol. The molecule has 3 aromatic carbocycles. The highest BCUT2D eigenvalue weighted by Crippen LogP contribution is 2.35. The van der Waals surface area contributed by atoms with Gasteiger partial charge in [-0.25, -0.2) is 0 Å². The molecule has 0 aliphatic heterocycles. The molecule has 0 aliphatic rings. The zero-order valence-electron chi connectivity index (χ0n) is 15.1. The summed E-state index contributed by atoms with van der Waals surface area (Å²) in [6, 6.07) is 18.9. The van der Waals surface area contributed by atoms with Gasteiger partial charge in [-0.05, 0) is 43.5 Å². The van der Waals surface area contributed by atoms with Gasteiger partial charge in [-0.2, -0.15) is 0 Å². The van der Waals surface area contributed by atoms with Crippen molar-refractivity contribution >= 4 is 12.3 Å². The van der Waals surface area contributed by atoms with Crippen molar-refractivity contribution in [2.24, 2.45) is 0 Å². The summed E-state index contributed by atoms with van der Waals surface area (Å²) in [4.78, 5) is 24.4. The maximum absolute atomic E-state index is 13.3. The van der Waals surface area contributed by atoms with Crippen LogP contribution in [0.5, 0.6) is 5.75 Å². The van der Waals surface area contributed by atoms with Crippen molar-refractivity contribution in [3.05, 3.63) is 88.5 Å². The van der Waals surface area contributed by atoms with E-state index in [4.69, 9.17) is 4.74 Å². The third-order valence-electron chi connectivity index (χ3n) is 4.41. The molecule has 130 valence electrons. The first-order valence-electron chi connectivity index (χ1n) is 8.44. The lowest BCUT2D eigenvalue weighted by molar-refractivity contribution is -0.120. The van der Waals surface area contributed by atoms with Gasteiger partial charge in [0.2, 0.25) is 0 Å². The molecule has 0 saturated carbocycles. The Bertz CT molecular complexity index is 949. The van der Waals surface area contributed by atoms with E-state index in [-0.39, 0.29) is 11.5 Å². The number of benzene rings is 3. The summed E-state index contributed by atoms with van der Waals surface area (Å²) in [5.41, 5.74) is 5.57. The van der Waals surface area contributed by atoms with E-state index < -0.39 is 0 Å². The lowest BCUT2D eigenvalue weighted by atomic mass is 9.91. The summed E-state index contributed by atoms with van der Waals surface area (Å²) in [6.07, 6.45) is 0. The van der Waals surface area contributed by atoms with Crippen LogP contribution in [0.4, 0.5) is 0 Å². The largest absolute Gasteiger partial charge is 0.427 e. The van der Waals surface area contributed by atoms with Gasteiger partial charge in [-0.3, -0.25) is 9.59 Å². The Labute approximate surface area is 153 Å². The van der Waals surface area contributed by atoms with Crippen LogP contribution in [0.15, 0.2) is 60.7 Å². The zero-order chi connectivity index (χ0) is 18.7. The fourth-order valence-corrected chi connectivity index (χ4v) is 3.41. The molecule has 0 spiro atoms. The summed E-state index contributed by atoms with van der Waals surface area (Å²) in [5, 5.41) is 0. The molecule has 3 nitrogen and oxygen atoms in total. The second-order valence-corrected chi connectivity index (χ2v) is 6.37. The molecular weight excluding hydrogens is 324 g/mol. The predicted octanol–water partition coefficient (Wildman–Crippen LogP) is 5.05. The Morgan fingerprint density at radius 1 is 0.885 bits per heavy atom. The number of rotatable bonds is 5. The molecule has 0 N–H and O–H groups in total. The van der Waals surface area contributed by atoms with Crippen LogP contribution in [0.2, 0.25) is 0 Å². The summed E-state index contributed by atoms with van der Waals surface area (Å²) in [5.74, 6) is 0.146. The minimum atomic E-state index is -0.144. The van der Waals surface area contributed by atoms with Crippen LogP contribution < -0.4 is 4.74 Å². The molecule has 0 fully saturated rings. The van der Waals surface area contributed by atoms with Gasteiger partial charge in [0.1, 0.15) is 5.75 Å². The quantitative estimate of drug-likeness (QED) is 0.481. The van der Waals surface area contributed by atoms with Crippen LogP contribution in [0.3, 0.4) is 0 Å². The standard InChI is InChI=1S/C23H20O3/c1-15-12-16(2)21(17(3)13-15)22(25)20-11-7-10-19(23(20)26-14-24)18-8-5-4-6-9-18/h4-14H,1-3H3. The van der Waals surface area contributed by atoms with Gasteiger partial charge in [0.15, 0.2) is 5.78 Å². The van der Waals surface area contributed by atoms with E-state index in [0.29, 0.717) is 23.2 Å². The van der Waals surface area contributed by atoms with Crippen LogP contribution in [-0.2, 0) is 4.79 Å². The maximum Gasteiger partial charge on any atom is 0.298 e. The van der Waals surface area contributed by atoms with Crippen molar-refractivity contribution in [1.82, 2.24) is 0 Å². The van der Waals surface area contributed by atoms with E-state index in [9.17, 15) is 9.59 Å². The number of carbonyl (C=O) groups excluding carboxylic acids is 2. The van der Waals surface area contributed by atoms with Crippen LogP contribution in [-0.4, -0.2) is 12.3 Å². The van der Waals surface area contributed by atoms with Gasteiger partial charge in [0, 0.05) is 11.1 Å². The van der Waals surface area contributed by atoms with Crippen LogP contribution in [0.25, 0.3) is 11.1 Å². The fraction of sp³-hybridized carbons (Fsp3) is 0.130. The first kappa shape index (κ1) is 17.6. The molecule has 0 saturated heterocycles. The van der Waals surface area contributed by atoms with E-state index in [1.54, 1.807) is 6.07 Å². The van der Waals surface area contributed by atoms with Gasteiger partial charge in [0.05, 0.1) is 5.56 Å². The molecule has 0 radical (unpaired) electrons. The monoisotopic (exact) mass is 344 g/mol. The maximum atomic E-state index is 13.3. The van der Waals surface area contributed by atoms with Crippen LogP contribution in [0, 0.1) is 20.8 Å². The molecule has 3 rings (SSSR count). The molecular formula is C23H20O3. The van der Waals surface area contributed by atoms with Crippen molar-refractivity contribution in [3.8, 4) is 16.9 Å². The SMILES string of the molecule is Cc1cc(C)c(C(=O)c2cccc(-c3ccccc3)c2OC=O)c(C)c1. The van der Waals surface area contributed by atoms with Crippen molar-refractivity contribution in [1.29, 1.82) is 0 Å². The first-order valence-corrected chi connectivity index (χ1v) is 8.44. The number of hydrogen-bond donors (Lipinski definition) is 0. The number of ketones is 1. The Balaban J connectivity index is 2.20. The van der Waals surface area contributed by atoms with E-state index in [2.05, 4.69) is 0 Å². The van der Waals surface area contributed by atoms with Crippen LogP contribution >= 0.6 is 0 Å². The molecule has 0 unspecified atom stereocenters. The van der Waals surface area contributed by atoms with Gasteiger partial charge in [-0.15, -0.1) is 0 Å². The first-order chi connectivity index (χ1) is 12.5. The van der Waals surface area contributed by atoms with Gasteiger partial charge in [0.25, 0.3) is 6.47 Å². The number of ether oxygens (including phenoxy) is 1. The number of hydrogen-bond acceptors (Lipinski definition) is 3. The van der Waals surface area contributed by atoms with Crippen molar-refractivity contribution < 1.29 is 14.3 Å². The average Bonchev–Trinajstić information content (AvgIpc) is 2.62. The highest BCUT2D eigenvalue weighted by Gasteiger charge is 2.21. The molecule has 3 heteroatoms. The number of para-hydroxylation sites is 1.